The Labute approximate surface area is 156 Å². The van der Waals surface area contributed by atoms with Crippen LogP contribution in [-0.2, 0) is 0 Å². The Hall–Kier alpha value is -2.49. The average Bonchev–Trinajstić information content (AvgIpc) is 2.59. The molecule has 0 aromatic heterocycles. The second-order valence-corrected chi connectivity index (χ2v) is 7.59. The zero-order chi connectivity index (χ0) is 18.9. The van der Waals surface area contributed by atoms with Crippen LogP contribution in [0.3, 0.4) is 0 Å². The summed E-state index contributed by atoms with van der Waals surface area (Å²) in [5, 5.41) is 9.61. The summed E-state index contributed by atoms with van der Waals surface area (Å²) in [6.07, 6.45) is 2.93. The number of phenols is 1. The molecule has 1 unspecified atom stereocenters. The van der Waals surface area contributed by atoms with Gasteiger partial charge in [-0.1, -0.05) is 13.0 Å². The summed E-state index contributed by atoms with van der Waals surface area (Å²) in [5.74, 6) is 1.50. The molecule has 2 aromatic carbocycles. The predicted molar refractivity (Wildman–Crippen MR) is 108 cm³/mol. The lowest BCUT2D eigenvalue weighted by Gasteiger charge is -2.47. The van der Waals surface area contributed by atoms with Gasteiger partial charge in [-0.2, -0.15) is 0 Å². The van der Waals surface area contributed by atoms with Crippen LogP contribution in [0.2, 0.25) is 0 Å². The normalized spacial score (nSPS) is 18.8. The molecule has 0 saturated carbocycles. The molecule has 1 aliphatic rings. The Kier molecular flexibility index (Phi) is 4.94. The van der Waals surface area contributed by atoms with Gasteiger partial charge in [0.25, 0.3) is 0 Å². The Bertz CT molecular complexity index is 827. The van der Waals surface area contributed by atoms with Crippen molar-refractivity contribution in [3.63, 3.8) is 0 Å². The van der Waals surface area contributed by atoms with Crippen LogP contribution in [0.25, 0.3) is 0 Å². The van der Waals surface area contributed by atoms with Crippen molar-refractivity contribution in [2.75, 3.05) is 18.6 Å². The number of phenolic OH excluding ortho intramolecular Hbond substituents is 1. The van der Waals surface area contributed by atoms with Gasteiger partial charge >= 0.3 is 0 Å². The molecule has 1 atom stereocenters. The zero-order valence-electron chi connectivity index (χ0n) is 16.3. The summed E-state index contributed by atoms with van der Waals surface area (Å²) in [5.41, 5.74) is 4.39. The molecular weight excluding hydrogens is 324 g/mol. The number of aromatic hydroxyl groups is 1. The van der Waals surface area contributed by atoms with Crippen LogP contribution >= 0.6 is 0 Å². The molecule has 4 nitrogen and oxygen atoms in total. The van der Waals surface area contributed by atoms with Crippen LogP contribution in [0.5, 0.6) is 11.5 Å². The van der Waals surface area contributed by atoms with Crippen molar-refractivity contribution in [3.05, 3.63) is 47.5 Å². The first-order chi connectivity index (χ1) is 12.4. The molecule has 0 aliphatic carbocycles. The highest BCUT2D eigenvalue weighted by molar-refractivity contribution is 5.88. The minimum absolute atomic E-state index is 0.128. The summed E-state index contributed by atoms with van der Waals surface area (Å²) in [6.45, 7) is 10.1. The molecule has 1 aliphatic heterocycles. The van der Waals surface area contributed by atoms with Crippen LogP contribution in [0.4, 0.5) is 11.4 Å². The van der Waals surface area contributed by atoms with Crippen molar-refractivity contribution in [1.29, 1.82) is 0 Å². The largest absolute Gasteiger partial charge is 0.508 e. The van der Waals surface area contributed by atoms with Crippen molar-refractivity contribution in [2.45, 2.75) is 45.6 Å². The summed E-state index contributed by atoms with van der Waals surface area (Å²) >= 11 is 0. The van der Waals surface area contributed by atoms with Crippen molar-refractivity contribution >= 4 is 17.6 Å². The highest BCUT2D eigenvalue weighted by Gasteiger charge is 2.36. The van der Waals surface area contributed by atoms with E-state index in [0.29, 0.717) is 11.6 Å². The second-order valence-electron chi connectivity index (χ2n) is 7.59. The number of benzene rings is 2. The van der Waals surface area contributed by atoms with Gasteiger partial charge in [0, 0.05) is 41.7 Å². The first kappa shape index (κ1) is 18.3. The molecule has 2 aromatic rings. The number of ether oxygens (including phenoxy) is 1. The molecule has 4 heteroatoms. The van der Waals surface area contributed by atoms with E-state index in [2.05, 4.69) is 49.7 Å². The minimum atomic E-state index is 0.128. The van der Waals surface area contributed by atoms with Gasteiger partial charge in [-0.25, -0.2) is 0 Å². The van der Waals surface area contributed by atoms with Crippen LogP contribution in [0.15, 0.2) is 41.4 Å². The van der Waals surface area contributed by atoms with Crippen molar-refractivity contribution in [2.24, 2.45) is 4.99 Å². The van der Waals surface area contributed by atoms with Gasteiger partial charge in [0.15, 0.2) is 0 Å². The van der Waals surface area contributed by atoms with Gasteiger partial charge in [-0.3, -0.25) is 4.99 Å². The van der Waals surface area contributed by atoms with Crippen molar-refractivity contribution in [3.8, 4) is 11.5 Å². The monoisotopic (exact) mass is 352 g/mol. The number of fused-ring (bicyclic) bond motifs is 1. The van der Waals surface area contributed by atoms with E-state index in [1.807, 2.05) is 12.3 Å². The van der Waals surface area contributed by atoms with Crippen LogP contribution < -0.4 is 9.64 Å². The Morgan fingerprint density at radius 1 is 1.31 bits per heavy atom. The Balaban J connectivity index is 2.05. The molecule has 0 radical (unpaired) electrons. The first-order valence-electron chi connectivity index (χ1n) is 9.18. The van der Waals surface area contributed by atoms with E-state index in [1.54, 1.807) is 25.3 Å². The van der Waals surface area contributed by atoms with E-state index in [-0.39, 0.29) is 11.3 Å². The van der Waals surface area contributed by atoms with Crippen LogP contribution in [-0.4, -0.2) is 30.5 Å². The maximum absolute atomic E-state index is 9.61. The fourth-order valence-corrected chi connectivity index (χ4v) is 4.12. The Morgan fingerprint density at radius 3 is 2.73 bits per heavy atom. The van der Waals surface area contributed by atoms with E-state index in [0.717, 1.165) is 24.3 Å². The summed E-state index contributed by atoms with van der Waals surface area (Å²) in [7, 11) is 1.70. The fraction of sp³-hybridized carbons (Fsp3) is 0.409. The number of hydrogen-bond donors (Lipinski definition) is 1. The highest BCUT2D eigenvalue weighted by atomic mass is 16.5. The quantitative estimate of drug-likeness (QED) is 0.763. The van der Waals surface area contributed by atoms with Gasteiger partial charge in [-0.15, -0.1) is 0 Å². The maximum Gasteiger partial charge on any atom is 0.129 e. The molecule has 1 N–H and O–H groups in total. The van der Waals surface area contributed by atoms with Gasteiger partial charge in [0.2, 0.25) is 0 Å². The van der Waals surface area contributed by atoms with E-state index in [1.165, 1.54) is 11.3 Å². The fourth-order valence-electron chi connectivity index (χ4n) is 4.12. The molecule has 0 bridgehead atoms. The number of anilines is 1. The number of nitrogens with zero attached hydrogens (tertiary/aromatic N) is 2. The van der Waals surface area contributed by atoms with E-state index in [4.69, 9.17) is 4.74 Å². The molecule has 138 valence electrons. The zero-order valence-corrected chi connectivity index (χ0v) is 16.3. The van der Waals surface area contributed by atoms with Crippen LogP contribution in [0.1, 0.15) is 51.2 Å². The lowest BCUT2D eigenvalue weighted by atomic mass is 9.79. The minimum Gasteiger partial charge on any atom is -0.508 e. The van der Waals surface area contributed by atoms with Gasteiger partial charge < -0.3 is 14.7 Å². The summed E-state index contributed by atoms with van der Waals surface area (Å²) < 4.78 is 5.65. The van der Waals surface area contributed by atoms with E-state index >= 15 is 0 Å². The van der Waals surface area contributed by atoms with Crippen molar-refractivity contribution in [1.82, 2.24) is 0 Å². The topological polar surface area (TPSA) is 45.1 Å². The Morgan fingerprint density at radius 2 is 2.08 bits per heavy atom. The number of aliphatic imine (C=N–C) groups is 1. The van der Waals surface area contributed by atoms with E-state index in [9.17, 15) is 5.11 Å². The third-order valence-electron chi connectivity index (χ3n) is 5.24. The summed E-state index contributed by atoms with van der Waals surface area (Å²) in [4.78, 5) is 6.97. The number of rotatable bonds is 4. The van der Waals surface area contributed by atoms with E-state index < -0.39 is 0 Å². The second kappa shape index (κ2) is 7.02. The molecule has 3 rings (SSSR count). The van der Waals surface area contributed by atoms with Gasteiger partial charge in [0.05, 0.1) is 12.8 Å². The number of methoxy groups -OCH3 is 1. The molecule has 0 amide bonds. The molecular formula is C22H28N2O2. The standard InChI is InChI=1S/C22H28N2O2/c1-6-24-20-12-21(26-5)16(10-19(20)15(2)13-22(24,3)4)14-23-17-8-7-9-18(25)11-17/h7-12,14-15,25H,6,13H2,1-5H3. The maximum atomic E-state index is 9.61. The molecule has 0 fully saturated rings. The third kappa shape index (κ3) is 3.41. The first-order valence-corrected chi connectivity index (χ1v) is 9.18. The smallest absolute Gasteiger partial charge is 0.129 e. The van der Waals surface area contributed by atoms with Gasteiger partial charge in [-0.05, 0) is 56.9 Å². The van der Waals surface area contributed by atoms with Crippen molar-refractivity contribution < 1.29 is 9.84 Å². The molecule has 0 spiro atoms. The highest BCUT2D eigenvalue weighted by Crippen LogP contribution is 2.45. The van der Waals surface area contributed by atoms with Crippen LogP contribution in [0, 0.1) is 0 Å². The summed E-state index contributed by atoms with van der Waals surface area (Å²) in [6, 6.07) is 11.3. The van der Waals surface area contributed by atoms with Gasteiger partial charge in [0.1, 0.15) is 11.5 Å². The number of hydrogen-bond acceptors (Lipinski definition) is 4. The molecule has 26 heavy (non-hydrogen) atoms. The molecule has 0 saturated heterocycles. The SMILES string of the molecule is CCN1c2cc(OC)c(C=Nc3cccc(O)c3)cc2C(C)CC1(C)C. The lowest BCUT2D eigenvalue weighted by molar-refractivity contribution is 0.377. The predicted octanol–water partition coefficient (Wildman–Crippen LogP) is 5.26. The lowest BCUT2D eigenvalue weighted by Crippen LogP contribution is -2.48. The average molecular weight is 352 g/mol. The molecule has 1 heterocycles. The third-order valence-corrected chi connectivity index (χ3v) is 5.24.